The summed E-state index contributed by atoms with van der Waals surface area (Å²) in [4.78, 5) is 15.7. The first-order valence-corrected chi connectivity index (χ1v) is 5.20. The highest BCUT2D eigenvalue weighted by Gasteiger charge is 2.25. The maximum absolute atomic E-state index is 11.8. The molecule has 0 bridgehead atoms. The number of carbonyl (C=O) groups is 1. The average Bonchev–Trinajstić information content (AvgIpc) is 2.31. The first-order valence-electron chi connectivity index (χ1n) is 5.20. The molecule has 2 heterocycles. The lowest BCUT2D eigenvalue weighted by atomic mass is 10.1. The van der Waals surface area contributed by atoms with Crippen molar-refractivity contribution >= 4 is 11.6 Å². The first kappa shape index (κ1) is 11.0. The highest BCUT2D eigenvalue weighted by molar-refractivity contribution is 5.92. The summed E-state index contributed by atoms with van der Waals surface area (Å²) >= 11 is 0. The Morgan fingerprint density at radius 1 is 1.50 bits per heavy atom. The summed E-state index contributed by atoms with van der Waals surface area (Å²) in [5, 5.41) is 2.77. The largest absolute Gasteiger partial charge is 0.352 e. The molecule has 0 unspecified atom stereocenters. The van der Waals surface area contributed by atoms with Crippen LogP contribution >= 0.6 is 0 Å². The van der Waals surface area contributed by atoms with Gasteiger partial charge in [0.1, 0.15) is 0 Å². The van der Waals surface area contributed by atoms with Crippen molar-refractivity contribution in [1.29, 1.82) is 0 Å². The monoisotopic (exact) mass is 222 g/mol. The Bertz CT molecular complexity index is 348. The Hall–Kier alpha value is -1.46. The van der Waals surface area contributed by atoms with E-state index in [1.807, 2.05) is 6.92 Å². The Kier molecular flexibility index (Phi) is 3.48. The van der Waals surface area contributed by atoms with Crippen LogP contribution in [-0.2, 0) is 14.3 Å². The number of carbonyl (C=O) groups excluding carboxylic acids is 1. The standard InChI is InChI=1S/C11H14N2O3/c1-8-15-6-9(7-16-8)11(14)13-10-3-2-4-12-5-10/h2-5,8-9H,6-7H2,1H3,(H,13,14). The van der Waals surface area contributed by atoms with E-state index in [-0.39, 0.29) is 18.1 Å². The number of nitrogens with one attached hydrogen (secondary N) is 1. The molecule has 1 saturated heterocycles. The van der Waals surface area contributed by atoms with Crippen molar-refractivity contribution < 1.29 is 14.3 Å². The number of pyridine rings is 1. The van der Waals surface area contributed by atoms with E-state index in [1.54, 1.807) is 24.5 Å². The molecule has 0 spiro atoms. The van der Waals surface area contributed by atoms with Crippen molar-refractivity contribution in [1.82, 2.24) is 4.98 Å². The fourth-order valence-electron chi connectivity index (χ4n) is 1.43. The summed E-state index contributed by atoms with van der Waals surface area (Å²) < 4.78 is 10.5. The third kappa shape index (κ3) is 2.77. The molecular formula is C11H14N2O3. The lowest BCUT2D eigenvalue weighted by Gasteiger charge is -2.26. The third-order valence-electron chi connectivity index (χ3n) is 2.36. The van der Waals surface area contributed by atoms with Crippen LogP contribution in [0.1, 0.15) is 6.92 Å². The van der Waals surface area contributed by atoms with Crippen LogP contribution in [0.15, 0.2) is 24.5 Å². The molecule has 1 aromatic heterocycles. The number of anilines is 1. The Morgan fingerprint density at radius 2 is 2.25 bits per heavy atom. The Labute approximate surface area is 93.8 Å². The molecule has 1 aliphatic heterocycles. The first-order chi connectivity index (χ1) is 7.75. The number of rotatable bonds is 2. The van der Waals surface area contributed by atoms with Crippen LogP contribution in [0.3, 0.4) is 0 Å². The van der Waals surface area contributed by atoms with Crippen molar-refractivity contribution in [2.24, 2.45) is 5.92 Å². The molecule has 86 valence electrons. The van der Waals surface area contributed by atoms with Crippen molar-refractivity contribution in [2.45, 2.75) is 13.2 Å². The van der Waals surface area contributed by atoms with Crippen molar-refractivity contribution in [3.63, 3.8) is 0 Å². The quantitative estimate of drug-likeness (QED) is 0.811. The molecule has 0 radical (unpaired) electrons. The zero-order valence-corrected chi connectivity index (χ0v) is 9.05. The number of hydrogen-bond donors (Lipinski definition) is 1. The number of ether oxygens (including phenoxy) is 2. The van der Waals surface area contributed by atoms with E-state index in [0.29, 0.717) is 18.9 Å². The lowest BCUT2D eigenvalue weighted by molar-refractivity contribution is -0.191. The van der Waals surface area contributed by atoms with Crippen LogP contribution in [-0.4, -0.2) is 30.4 Å². The predicted octanol–water partition coefficient (Wildman–Crippen LogP) is 1.03. The van der Waals surface area contributed by atoms with Crippen LogP contribution in [0.2, 0.25) is 0 Å². The van der Waals surface area contributed by atoms with E-state index in [1.165, 1.54) is 0 Å². The molecule has 1 fully saturated rings. The molecule has 0 saturated carbocycles. The second kappa shape index (κ2) is 5.05. The van der Waals surface area contributed by atoms with Crippen LogP contribution in [0.4, 0.5) is 5.69 Å². The van der Waals surface area contributed by atoms with Gasteiger partial charge in [-0.2, -0.15) is 0 Å². The normalized spacial score (nSPS) is 25.1. The smallest absolute Gasteiger partial charge is 0.232 e. The number of hydrogen-bond acceptors (Lipinski definition) is 4. The summed E-state index contributed by atoms with van der Waals surface area (Å²) in [5.74, 6) is -0.351. The van der Waals surface area contributed by atoms with Gasteiger partial charge in [0.05, 0.1) is 31.0 Å². The summed E-state index contributed by atoms with van der Waals surface area (Å²) in [6, 6.07) is 3.56. The van der Waals surface area contributed by atoms with Gasteiger partial charge in [0, 0.05) is 6.20 Å². The number of aromatic nitrogens is 1. The molecule has 2 rings (SSSR count). The fourth-order valence-corrected chi connectivity index (χ4v) is 1.43. The molecule has 1 aliphatic rings. The van der Waals surface area contributed by atoms with Gasteiger partial charge in [0.25, 0.3) is 0 Å². The molecule has 0 atom stereocenters. The Morgan fingerprint density at radius 3 is 2.88 bits per heavy atom. The minimum Gasteiger partial charge on any atom is -0.352 e. The van der Waals surface area contributed by atoms with Gasteiger partial charge in [-0.15, -0.1) is 0 Å². The summed E-state index contributed by atoms with van der Waals surface area (Å²) in [7, 11) is 0. The van der Waals surface area contributed by atoms with E-state index in [0.717, 1.165) is 0 Å². The van der Waals surface area contributed by atoms with Crippen molar-refractivity contribution in [3.05, 3.63) is 24.5 Å². The average molecular weight is 222 g/mol. The van der Waals surface area contributed by atoms with Crippen LogP contribution in [0.25, 0.3) is 0 Å². The molecule has 0 aromatic carbocycles. The van der Waals surface area contributed by atoms with Gasteiger partial charge in [-0.3, -0.25) is 9.78 Å². The SMILES string of the molecule is CC1OCC(C(=O)Nc2cccnc2)CO1. The van der Waals surface area contributed by atoms with Crippen LogP contribution in [0.5, 0.6) is 0 Å². The molecule has 1 aromatic rings. The Balaban J connectivity index is 1.89. The van der Waals surface area contributed by atoms with Gasteiger partial charge >= 0.3 is 0 Å². The summed E-state index contributed by atoms with van der Waals surface area (Å²) in [6.07, 6.45) is 3.04. The second-order valence-corrected chi connectivity index (χ2v) is 3.66. The molecule has 0 aliphatic carbocycles. The highest BCUT2D eigenvalue weighted by Crippen LogP contribution is 2.13. The van der Waals surface area contributed by atoms with E-state index < -0.39 is 0 Å². The topological polar surface area (TPSA) is 60.5 Å². The van der Waals surface area contributed by atoms with E-state index in [4.69, 9.17) is 9.47 Å². The van der Waals surface area contributed by atoms with Crippen LogP contribution < -0.4 is 5.32 Å². The maximum atomic E-state index is 11.8. The van der Waals surface area contributed by atoms with Crippen molar-refractivity contribution in [3.8, 4) is 0 Å². The second-order valence-electron chi connectivity index (χ2n) is 3.66. The summed E-state index contributed by atoms with van der Waals surface area (Å²) in [5.41, 5.74) is 0.686. The third-order valence-corrected chi connectivity index (χ3v) is 2.36. The molecule has 16 heavy (non-hydrogen) atoms. The predicted molar refractivity (Wildman–Crippen MR) is 57.7 cm³/mol. The number of amides is 1. The number of nitrogens with zero attached hydrogens (tertiary/aromatic N) is 1. The van der Waals surface area contributed by atoms with E-state index in [2.05, 4.69) is 10.3 Å². The maximum Gasteiger partial charge on any atom is 0.232 e. The van der Waals surface area contributed by atoms with Gasteiger partial charge in [0.15, 0.2) is 6.29 Å². The minimum absolute atomic E-state index is 0.0973. The lowest BCUT2D eigenvalue weighted by Crippen LogP contribution is -2.37. The van der Waals surface area contributed by atoms with E-state index in [9.17, 15) is 4.79 Å². The highest BCUT2D eigenvalue weighted by atomic mass is 16.7. The van der Waals surface area contributed by atoms with Gasteiger partial charge in [-0.05, 0) is 19.1 Å². The van der Waals surface area contributed by atoms with Gasteiger partial charge in [-0.1, -0.05) is 0 Å². The zero-order valence-electron chi connectivity index (χ0n) is 9.05. The van der Waals surface area contributed by atoms with Crippen molar-refractivity contribution in [2.75, 3.05) is 18.5 Å². The summed E-state index contributed by atoms with van der Waals surface area (Å²) in [6.45, 7) is 2.61. The zero-order chi connectivity index (χ0) is 11.4. The molecule has 5 nitrogen and oxygen atoms in total. The fraction of sp³-hybridized carbons (Fsp3) is 0.455. The van der Waals surface area contributed by atoms with Gasteiger partial charge < -0.3 is 14.8 Å². The molecule has 5 heteroatoms. The van der Waals surface area contributed by atoms with E-state index >= 15 is 0 Å². The van der Waals surface area contributed by atoms with Crippen LogP contribution in [0, 0.1) is 5.92 Å². The van der Waals surface area contributed by atoms with Gasteiger partial charge in [-0.25, -0.2) is 0 Å². The molecule has 1 N–H and O–H groups in total. The molecular weight excluding hydrogens is 208 g/mol. The minimum atomic E-state index is -0.253. The van der Waals surface area contributed by atoms with Gasteiger partial charge in [0.2, 0.25) is 5.91 Å². The molecule has 1 amide bonds.